The van der Waals surface area contributed by atoms with Crippen LogP contribution in [0.4, 0.5) is 5.69 Å². The van der Waals surface area contributed by atoms with Crippen molar-refractivity contribution in [3.8, 4) is 5.75 Å². The van der Waals surface area contributed by atoms with Crippen molar-refractivity contribution in [3.63, 3.8) is 0 Å². The van der Waals surface area contributed by atoms with Crippen molar-refractivity contribution < 1.29 is 4.74 Å². The van der Waals surface area contributed by atoms with E-state index in [1.165, 1.54) is 32.1 Å². The maximum absolute atomic E-state index is 6.12. The largest absolute Gasteiger partial charge is 0.490 e. The van der Waals surface area contributed by atoms with E-state index in [0.29, 0.717) is 6.10 Å². The summed E-state index contributed by atoms with van der Waals surface area (Å²) in [6.07, 6.45) is 6.71. The molecule has 0 radical (unpaired) electrons. The van der Waals surface area contributed by atoms with Crippen LogP contribution in [0.1, 0.15) is 44.6 Å². The van der Waals surface area contributed by atoms with Gasteiger partial charge in [0.05, 0.1) is 6.10 Å². The number of anilines is 1. The van der Waals surface area contributed by atoms with Crippen LogP contribution in [0, 0.1) is 12.8 Å². The van der Waals surface area contributed by atoms with Crippen molar-refractivity contribution in [3.05, 3.63) is 23.8 Å². The molecule has 2 N–H and O–H groups in total. The second-order valence-electron chi connectivity index (χ2n) is 5.15. The molecule has 0 amide bonds. The average molecular weight is 233 g/mol. The number of hydrogen-bond donors (Lipinski definition) is 1. The molecule has 1 aliphatic rings. The number of rotatable bonds is 3. The Bertz CT molecular complexity index is 375. The first-order chi connectivity index (χ1) is 8.20. The van der Waals surface area contributed by atoms with Gasteiger partial charge in [0.1, 0.15) is 5.75 Å². The molecular weight excluding hydrogens is 210 g/mol. The molecule has 1 aliphatic carbocycles. The van der Waals surface area contributed by atoms with Gasteiger partial charge in [0.15, 0.2) is 0 Å². The Balaban J connectivity index is 2.02. The van der Waals surface area contributed by atoms with Crippen LogP contribution in [0.5, 0.6) is 5.75 Å². The third-order valence-electron chi connectivity index (χ3n) is 3.93. The van der Waals surface area contributed by atoms with E-state index in [1.54, 1.807) is 0 Å². The zero-order chi connectivity index (χ0) is 12.3. The minimum Gasteiger partial charge on any atom is -0.490 e. The third-order valence-corrected chi connectivity index (χ3v) is 3.93. The molecule has 1 saturated carbocycles. The van der Waals surface area contributed by atoms with E-state index < -0.39 is 0 Å². The van der Waals surface area contributed by atoms with Crippen LogP contribution in [-0.4, -0.2) is 6.10 Å². The minimum absolute atomic E-state index is 0.384. The Kier molecular flexibility index (Phi) is 3.93. The van der Waals surface area contributed by atoms with Crippen LogP contribution in [0.3, 0.4) is 0 Å². The lowest BCUT2D eigenvalue weighted by molar-refractivity contribution is 0.121. The standard InChI is InChI=1S/C15H23NO/c1-3-12-6-4-7-13(10-12)17-15-9-5-8-14(16)11(15)2/h5,8-9,12-13H,3-4,6-7,10,16H2,1-2H3. The Morgan fingerprint density at radius 3 is 2.94 bits per heavy atom. The second kappa shape index (κ2) is 5.44. The molecular formula is C15H23NO. The zero-order valence-electron chi connectivity index (χ0n) is 10.9. The van der Waals surface area contributed by atoms with Gasteiger partial charge in [-0.15, -0.1) is 0 Å². The molecule has 94 valence electrons. The molecule has 1 fully saturated rings. The van der Waals surface area contributed by atoms with Crippen LogP contribution in [-0.2, 0) is 0 Å². The van der Waals surface area contributed by atoms with Gasteiger partial charge in [-0.05, 0) is 44.2 Å². The number of nitrogens with two attached hydrogens (primary N) is 1. The summed E-state index contributed by atoms with van der Waals surface area (Å²) >= 11 is 0. The summed E-state index contributed by atoms with van der Waals surface area (Å²) in [6.45, 7) is 4.31. The van der Waals surface area contributed by atoms with Gasteiger partial charge in [-0.25, -0.2) is 0 Å². The highest BCUT2D eigenvalue weighted by Crippen LogP contribution is 2.31. The van der Waals surface area contributed by atoms with Crippen molar-refractivity contribution >= 4 is 5.69 Å². The Labute approximate surface area is 104 Å². The van der Waals surface area contributed by atoms with Gasteiger partial charge in [0, 0.05) is 11.3 Å². The fraction of sp³-hybridized carbons (Fsp3) is 0.600. The summed E-state index contributed by atoms with van der Waals surface area (Å²) in [5.41, 5.74) is 7.80. The molecule has 2 unspecified atom stereocenters. The maximum atomic E-state index is 6.12. The van der Waals surface area contributed by atoms with Gasteiger partial charge >= 0.3 is 0 Å². The molecule has 17 heavy (non-hydrogen) atoms. The van der Waals surface area contributed by atoms with Gasteiger partial charge in [-0.2, -0.15) is 0 Å². The average Bonchev–Trinajstić information content (AvgIpc) is 2.35. The molecule has 0 aliphatic heterocycles. The fourth-order valence-electron chi connectivity index (χ4n) is 2.66. The van der Waals surface area contributed by atoms with Gasteiger partial charge in [-0.3, -0.25) is 0 Å². The first-order valence-electron chi connectivity index (χ1n) is 6.72. The number of hydrogen-bond acceptors (Lipinski definition) is 2. The molecule has 1 aromatic carbocycles. The zero-order valence-corrected chi connectivity index (χ0v) is 10.9. The van der Waals surface area contributed by atoms with Crippen LogP contribution < -0.4 is 10.5 Å². The Morgan fingerprint density at radius 1 is 1.35 bits per heavy atom. The summed E-state index contributed by atoms with van der Waals surface area (Å²) in [4.78, 5) is 0. The molecule has 0 bridgehead atoms. The highest BCUT2D eigenvalue weighted by atomic mass is 16.5. The molecule has 1 aromatic rings. The highest BCUT2D eigenvalue weighted by Gasteiger charge is 2.22. The van der Waals surface area contributed by atoms with Crippen LogP contribution >= 0.6 is 0 Å². The molecule has 0 aromatic heterocycles. The molecule has 2 rings (SSSR count). The summed E-state index contributed by atoms with van der Waals surface area (Å²) in [7, 11) is 0. The van der Waals surface area contributed by atoms with Gasteiger partial charge in [0.25, 0.3) is 0 Å². The van der Waals surface area contributed by atoms with Crippen molar-refractivity contribution in [2.45, 2.75) is 52.1 Å². The predicted molar refractivity (Wildman–Crippen MR) is 72.3 cm³/mol. The molecule has 2 heteroatoms. The van der Waals surface area contributed by atoms with E-state index in [2.05, 4.69) is 6.92 Å². The predicted octanol–water partition coefficient (Wildman–Crippen LogP) is 3.92. The van der Waals surface area contributed by atoms with E-state index >= 15 is 0 Å². The summed E-state index contributed by atoms with van der Waals surface area (Å²) in [5.74, 6) is 1.81. The summed E-state index contributed by atoms with van der Waals surface area (Å²) in [5, 5.41) is 0. The van der Waals surface area contributed by atoms with Crippen molar-refractivity contribution in [2.75, 3.05) is 5.73 Å². The lowest BCUT2D eigenvalue weighted by Gasteiger charge is -2.29. The summed E-state index contributed by atoms with van der Waals surface area (Å²) < 4.78 is 6.12. The van der Waals surface area contributed by atoms with Crippen molar-refractivity contribution in [1.82, 2.24) is 0 Å². The molecule has 2 atom stereocenters. The number of ether oxygens (including phenoxy) is 1. The van der Waals surface area contributed by atoms with E-state index in [4.69, 9.17) is 10.5 Å². The van der Waals surface area contributed by atoms with E-state index in [1.807, 2.05) is 25.1 Å². The van der Waals surface area contributed by atoms with E-state index in [9.17, 15) is 0 Å². The van der Waals surface area contributed by atoms with Gasteiger partial charge in [0.2, 0.25) is 0 Å². The quantitative estimate of drug-likeness (QED) is 0.803. The van der Waals surface area contributed by atoms with Gasteiger partial charge in [-0.1, -0.05) is 25.8 Å². The topological polar surface area (TPSA) is 35.2 Å². The van der Waals surface area contributed by atoms with E-state index in [-0.39, 0.29) is 0 Å². The van der Waals surface area contributed by atoms with Crippen LogP contribution in [0.25, 0.3) is 0 Å². The smallest absolute Gasteiger partial charge is 0.124 e. The van der Waals surface area contributed by atoms with E-state index in [0.717, 1.165) is 22.9 Å². The number of benzene rings is 1. The lowest BCUT2D eigenvalue weighted by atomic mass is 9.85. The lowest BCUT2D eigenvalue weighted by Crippen LogP contribution is -2.25. The Hall–Kier alpha value is -1.18. The van der Waals surface area contributed by atoms with Crippen LogP contribution in [0.2, 0.25) is 0 Å². The second-order valence-corrected chi connectivity index (χ2v) is 5.15. The SMILES string of the molecule is CCC1CCCC(Oc2cccc(N)c2C)C1. The fourth-order valence-corrected chi connectivity index (χ4v) is 2.66. The molecule has 2 nitrogen and oxygen atoms in total. The molecule has 0 saturated heterocycles. The van der Waals surface area contributed by atoms with Crippen molar-refractivity contribution in [1.29, 1.82) is 0 Å². The normalized spacial score (nSPS) is 24.6. The first kappa shape index (κ1) is 12.3. The molecule has 0 heterocycles. The minimum atomic E-state index is 0.384. The molecule has 0 spiro atoms. The Morgan fingerprint density at radius 2 is 2.18 bits per heavy atom. The summed E-state index contributed by atoms with van der Waals surface area (Å²) in [6, 6.07) is 5.93. The first-order valence-corrected chi connectivity index (χ1v) is 6.72. The van der Waals surface area contributed by atoms with Crippen LogP contribution in [0.15, 0.2) is 18.2 Å². The monoisotopic (exact) mass is 233 g/mol. The van der Waals surface area contributed by atoms with Gasteiger partial charge < -0.3 is 10.5 Å². The van der Waals surface area contributed by atoms with Crippen molar-refractivity contribution in [2.24, 2.45) is 5.92 Å². The number of nitrogen functional groups attached to an aromatic ring is 1. The highest BCUT2D eigenvalue weighted by molar-refractivity contribution is 5.53. The third kappa shape index (κ3) is 2.93. The maximum Gasteiger partial charge on any atom is 0.124 e.